The van der Waals surface area contributed by atoms with Gasteiger partial charge in [-0.1, -0.05) is 0 Å². The number of nitrogens with zero attached hydrogens (tertiary/aromatic N) is 3. The van der Waals surface area contributed by atoms with E-state index in [-0.39, 0.29) is 18.6 Å². The Bertz CT molecular complexity index is 416. The summed E-state index contributed by atoms with van der Waals surface area (Å²) in [5.74, 6) is -0.126. The molecule has 17 heavy (non-hydrogen) atoms. The number of rotatable bonds is 3. The Balaban J connectivity index is 2.27. The molecule has 94 valence electrons. The molecule has 6 heteroatoms. The Morgan fingerprint density at radius 3 is 3.12 bits per heavy atom. The van der Waals surface area contributed by atoms with Crippen LogP contribution in [0.5, 0.6) is 0 Å². The van der Waals surface area contributed by atoms with Gasteiger partial charge in [-0.25, -0.2) is 0 Å². The second-order valence-corrected chi connectivity index (χ2v) is 4.24. The van der Waals surface area contributed by atoms with Crippen LogP contribution in [0.2, 0.25) is 0 Å². The fraction of sp³-hybridized carbons (Fsp3) is 0.636. The van der Waals surface area contributed by atoms with Gasteiger partial charge in [0.1, 0.15) is 5.69 Å². The number of aryl methyl sites for hydroxylation is 1. The van der Waals surface area contributed by atoms with E-state index in [2.05, 4.69) is 5.10 Å². The monoisotopic (exact) mass is 238 g/mol. The third-order valence-electron chi connectivity index (χ3n) is 3.22. The standard InChI is InChI=1S/C11H18N4O2/c1-2-15-10(9(12)6-13-15)11(17)14-5-3-4-8(14)7-16/h6,8,16H,2-5,7,12H2,1H3/t8-/m0/s1. The van der Waals surface area contributed by atoms with Gasteiger partial charge in [0, 0.05) is 13.1 Å². The van der Waals surface area contributed by atoms with Gasteiger partial charge in [0.15, 0.2) is 0 Å². The maximum atomic E-state index is 12.4. The van der Waals surface area contributed by atoms with E-state index in [0.717, 1.165) is 12.8 Å². The number of likely N-dealkylation sites (tertiary alicyclic amines) is 1. The highest BCUT2D eigenvalue weighted by atomic mass is 16.3. The number of hydrogen-bond donors (Lipinski definition) is 2. The Hall–Kier alpha value is -1.56. The van der Waals surface area contributed by atoms with E-state index in [9.17, 15) is 9.90 Å². The minimum absolute atomic E-state index is 0.00586. The lowest BCUT2D eigenvalue weighted by Crippen LogP contribution is -2.39. The molecule has 1 atom stereocenters. The minimum atomic E-state index is -0.126. The van der Waals surface area contributed by atoms with E-state index in [4.69, 9.17) is 5.73 Å². The van der Waals surface area contributed by atoms with Crippen LogP contribution in [0.25, 0.3) is 0 Å². The summed E-state index contributed by atoms with van der Waals surface area (Å²) in [6.07, 6.45) is 3.28. The molecule has 0 aliphatic carbocycles. The minimum Gasteiger partial charge on any atom is -0.396 e. The topological polar surface area (TPSA) is 84.4 Å². The molecular weight excluding hydrogens is 220 g/mol. The summed E-state index contributed by atoms with van der Waals surface area (Å²) in [5.41, 5.74) is 6.62. The summed E-state index contributed by atoms with van der Waals surface area (Å²) in [7, 11) is 0. The predicted octanol–water partition coefficient (Wildman–Crippen LogP) is 0.0821. The molecule has 3 N–H and O–H groups in total. The van der Waals surface area contributed by atoms with Crippen LogP contribution in [0.1, 0.15) is 30.3 Å². The molecule has 0 spiro atoms. The Kier molecular flexibility index (Phi) is 3.33. The van der Waals surface area contributed by atoms with E-state index in [1.54, 1.807) is 9.58 Å². The Morgan fingerprint density at radius 1 is 1.71 bits per heavy atom. The summed E-state index contributed by atoms with van der Waals surface area (Å²) in [6, 6.07) is -0.0814. The first-order chi connectivity index (χ1) is 8.19. The van der Waals surface area contributed by atoms with Crippen molar-refractivity contribution in [2.24, 2.45) is 0 Å². The van der Waals surface area contributed by atoms with Crippen molar-refractivity contribution in [2.75, 3.05) is 18.9 Å². The van der Waals surface area contributed by atoms with Crippen molar-refractivity contribution in [3.05, 3.63) is 11.9 Å². The van der Waals surface area contributed by atoms with Gasteiger partial charge in [0.05, 0.1) is 24.5 Å². The number of hydrogen-bond acceptors (Lipinski definition) is 4. The summed E-state index contributed by atoms with van der Waals surface area (Å²) >= 11 is 0. The molecule has 1 aliphatic rings. The maximum absolute atomic E-state index is 12.4. The first kappa shape index (κ1) is 11.9. The highest BCUT2D eigenvalue weighted by molar-refractivity contribution is 5.97. The third kappa shape index (κ3) is 2.00. The lowest BCUT2D eigenvalue weighted by atomic mass is 10.2. The lowest BCUT2D eigenvalue weighted by molar-refractivity contribution is 0.0666. The number of nitrogens with two attached hydrogens (primary N) is 1. The van der Waals surface area contributed by atoms with Gasteiger partial charge in [-0.3, -0.25) is 9.48 Å². The van der Waals surface area contributed by atoms with Crippen molar-refractivity contribution in [3.63, 3.8) is 0 Å². The molecule has 0 unspecified atom stereocenters. The molecule has 2 heterocycles. The van der Waals surface area contributed by atoms with Crippen molar-refractivity contribution in [3.8, 4) is 0 Å². The first-order valence-electron chi connectivity index (χ1n) is 5.92. The molecule has 0 saturated carbocycles. The van der Waals surface area contributed by atoms with Crippen molar-refractivity contribution in [1.29, 1.82) is 0 Å². The Morgan fingerprint density at radius 2 is 2.47 bits per heavy atom. The summed E-state index contributed by atoms with van der Waals surface area (Å²) < 4.78 is 1.60. The molecular formula is C11H18N4O2. The number of aliphatic hydroxyl groups excluding tert-OH is 1. The highest BCUT2D eigenvalue weighted by Crippen LogP contribution is 2.22. The van der Waals surface area contributed by atoms with Crippen LogP contribution in [0.4, 0.5) is 5.69 Å². The molecule has 1 aliphatic heterocycles. The average molecular weight is 238 g/mol. The van der Waals surface area contributed by atoms with Gasteiger partial charge in [0.2, 0.25) is 0 Å². The zero-order valence-corrected chi connectivity index (χ0v) is 9.96. The van der Waals surface area contributed by atoms with Gasteiger partial charge in [0.25, 0.3) is 5.91 Å². The first-order valence-corrected chi connectivity index (χ1v) is 5.92. The molecule has 0 aromatic carbocycles. The van der Waals surface area contributed by atoms with Crippen molar-refractivity contribution >= 4 is 11.6 Å². The number of carbonyl (C=O) groups excluding carboxylic acids is 1. The third-order valence-corrected chi connectivity index (χ3v) is 3.22. The second kappa shape index (κ2) is 4.75. The summed E-state index contributed by atoms with van der Waals surface area (Å²) in [6.45, 7) is 3.21. The van der Waals surface area contributed by atoms with Gasteiger partial charge in [-0.05, 0) is 19.8 Å². The van der Waals surface area contributed by atoms with Crippen LogP contribution in [-0.4, -0.2) is 44.9 Å². The molecule has 1 fully saturated rings. The average Bonchev–Trinajstić information content (AvgIpc) is 2.93. The van der Waals surface area contributed by atoms with Crippen molar-refractivity contribution < 1.29 is 9.90 Å². The normalized spacial score (nSPS) is 19.9. The smallest absolute Gasteiger partial charge is 0.274 e. The SMILES string of the molecule is CCn1ncc(N)c1C(=O)N1CCC[C@H]1CO. The molecule has 0 radical (unpaired) electrons. The van der Waals surface area contributed by atoms with Gasteiger partial charge in [-0.15, -0.1) is 0 Å². The fourth-order valence-electron chi connectivity index (χ4n) is 2.30. The maximum Gasteiger partial charge on any atom is 0.274 e. The van der Waals surface area contributed by atoms with E-state index < -0.39 is 0 Å². The number of nitrogen functional groups attached to an aromatic ring is 1. The molecule has 6 nitrogen and oxygen atoms in total. The molecule has 2 rings (SSSR count). The van der Waals surface area contributed by atoms with Crippen LogP contribution in [0, 0.1) is 0 Å². The largest absolute Gasteiger partial charge is 0.396 e. The highest BCUT2D eigenvalue weighted by Gasteiger charge is 2.31. The van der Waals surface area contributed by atoms with E-state index in [1.165, 1.54) is 6.20 Å². The van der Waals surface area contributed by atoms with Gasteiger partial charge in [-0.2, -0.15) is 5.10 Å². The van der Waals surface area contributed by atoms with Crippen molar-refractivity contribution in [1.82, 2.24) is 14.7 Å². The predicted molar refractivity (Wildman–Crippen MR) is 63.5 cm³/mol. The van der Waals surface area contributed by atoms with Crippen molar-refractivity contribution in [2.45, 2.75) is 32.4 Å². The zero-order chi connectivity index (χ0) is 12.4. The molecule has 1 amide bonds. The summed E-state index contributed by atoms with van der Waals surface area (Å²) in [5, 5.41) is 13.3. The van der Waals surface area contributed by atoms with E-state index >= 15 is 0 Å². The van der Waals surface area contributed by atoms with Crippen LogP contribution in [0.15, 0.2) is 6.20 Å². The number of amides is 1. The zero-order valence-electron chi connectivity index (χ0n) is 9.96. The van der Waals surface area contributed by atoms with Gasteiger partial charge >= 0.3 is 0 Å². The molecule has 1 saturated heterocycles. The lowest BCUT2D eigenvalue weighted by Gasteiger charge is -2.23. The van der Waals surface area contributed by atoms with Crippen LogP contribution in [-0.2, 0) is 6.54 Å². The summed E-state index contributed by atoms with van der Waals surface area (Å²) in [4.78, 5) is 14.0. The molecule has 1 aromatic rings. The van der Waals surface area contributed by atoms with Crippen LogP contribution >= 0.6 is 0 Å². The number of aromatic nitrogens is 2. The molecule has 1 aromatic heterocycles. The Labute approximate surface area is 100 Å². The number of aliphatic hydroxyl groups is 1. The second-order valence-electron chi connectivity index (χ2n) is 4.24. The molecule has 0 bridgehead atoms. The number of carbonyl (C=O) groups is 1. The fourth-order valence-corrected chi connectivity index (χ4v) is 2.30. The van der Waals surface area contributed by atoms with Crippen LogP contribution < -0.4 is 5.73 Å². The van der Waals surface area contributed by atoms with E-state index in [0.29, 0.717) is 24.5 Å². The van der Waals surface area contributed by atoms with E-state index in [1.807, 2.05) is 6.92 Å². The van der Waals surface area contributed by atoms with Crippen LogP contribution in [0.3, 0.4) is 0 Å². The number of anilines is 1. The van der Waals surface area contributed by atoms with Gasteiger partial charge < -0.3 is 15.7 Å². The quantitative estimate of drug-likeness (QED) is 0.781.